The predicted molar refractivity (Wildman–Crippen MR) is 97.7 cm³/mol. The lowest BCUT2D eigenvalue weighted by Gasteiger charge is -2.12. The zero-order chi connectivity index (χ0) is 21.0. The molecule has 0 unspecified atom stereocenters. The minimum absolute atomic E-state index is 0.0624. The molecule has 2 heterocycles. The molecule has 9 nitrogen and oxygen atoms in total. The minimum Gasteiger partial charge on any atom is -0.494 e. The Bertz CT molecular complexity index is 979. The first-order valence-corrected chi connectivity index (χ1v) is 8.49. The fourth-order valence-electron chi connectivity index (χ4n) is 2.52. The van der Waals surface area contributed by atoms with E-state index in [-0.39, 0.29) is 41.7 Å². The predicted octanol–water partition coefficient (Wildman–Crippen LogP) is 1.90. The molecule has 0 aliphatic heterocycles. The van der Waals surface area contributed by atoms with Crippen LogP contribution in [0, 0.1) is 18.6 Å². The Morgan fingerprint density at radius 1 is 1.17 bits per heavy atom. The molecule has 0 fully saturated rings. The quantitative estimate of drug-likeness (QED) is 0.485. The summed E-state index contributed by atoms with van der Waals surface area (Å²) in [5.74, 6) is -1.13. The monoisotopic (exact) mass is 407 g/mol. The normalized spacial score (nSPS) is 11.0. The van der Waals surface area contributed by atoms with E-state index in [1.54, 1.807) is 6.20 Å². The third kappa shape index (κ3) is 4.95. The summed E-state index contributed by atoms with van der Waals surface area (Å²) in [6.07, 6.45) is 4.19. The summed E-state index contributed by atoms with van der Waals surface area (Å²) < 4.78 is 40.1. The SMILES string of the molecule is COc1cc(C)c(F)c(COc2cnc(Nc3cnn(CC(O)O)c3)nc2)c1F. The van der Waals surface area contributed by atoms with Crippen LogP contribution in [-0.2, 0) is 13.2 Å². The van der Waals surface area contributed by atoms with Crippen molar-refractivity contribution in [2.45, 2.75) is 26.4 Å². The highest BCUT2D eigenvalue weighted by Crippen LogP contribution is 2.27. The number of nitrogens with one attached hydrogen (secondary N) is 1. The first kappa shape index (κ1) is 20.4. The van der Waals surface area contributed by atoms with Gasteiger partial charge in [0.05, 0.1) is 43.5 Å². The first-order chi connectivity index (χ1) is 13.9. The van der Waals surface area contributed by atoms with Crippen molar-refractivity contribution >= 4 is 11.6 Å². The standard InChI is InChI=1S/C18H19F2N5O4/c1-10-3-14(28-2)17(20)13(16(10)19)9-29-12-5-21-18(22-6-12)24-11-4-23-25(7-11)8-15(26)27/h3-7,15,26-27H,8-9H2,1-2H3,(H,21,22,24). The van der Waals surface area contributed by atoms with Crippen LogP contribution >= 0.6 is 0 Å². The van der Waals surface area contributed by atoms with E-state index in [4.69, 9.17) is 19.7 Å². The molecule has 0 bridgehead atoms. The molecule has 0 aliphatic rings. The van der Waals surface area contributed by atoms with Gasteiger partial charge in [0.25, 0.3) is 0 Å². The number of rotatable bonds is 8. The van der Waals surface area contributed by atoms with Crippen LogP contribution in [-0.4, -0.2) is 43.4 Å². The maximum atomic E-state index is 14.3. The molecule has 0 saturated heterocycles. The molecular weight excluding hydrogens is 388 g/mol. The highest BCUT2D eigenvalue weighted by atomic mass is 19.1. The van der Waals surface area contributed by atoms with Crippen molar-refractivity contribution in [3.8, 4) is 11.5 Å². The second-order valence-corrected chi connectivity index (χ2v) is 6.09. The van der Waals surface area contributed by atoms with Gasteiger partial charge in [0.15, 0.2) is 23.6 Å². The van der Waals surface area contributed by atoms with E-state index in [0.717, 1.165) is 0 Å². The molecule has 0 atom stereocenters. The van der Waals surface area contributed by atoms with Gasteiger partial charge in [0.2, 0.25) is 5.95 Å². The van der Waals surface area contributed by atoms with E-state index in [1.165, 1.54) is 43.4 Å². The van der Waals surface area contributed by atoms with Crippen molar-refractivity contribution in [1.29, 1.82) is 0 Å². The summed E-state index contributed by atoms with van der Waals surface area (Å²) in [5, 5.41) is 24.7. The number of halogens is 2. The average molecular weight is 407 g/mol. The molecule has 0 aliphatic carbocycles. The molecule has 3 rings (SSSR count). The third-order valence-electron chi connectivity index (χ3n) is 3.91. The molecule has 3 aromatic rings. The summed E-state index contributed by atoms with van der Waals surface area (Å²) in [4.78, 5) is 8.11. The van der Waals surface area contributed by atoms with Gasteiger partial charge in [-0.25, -0.2) is 18.7 Å². The number of aromatic nitrogens is 4. The number of nitrogens with zero attached hydrogens (tertiary/aromatic N) is 4. The van der Waals surface area contributed by atoms with Crippen molar-refractivity contribution in [2.24, 2.45) is 0 Å². The van der Waals surface area contributed by atoms with Crippen molar-refractivity contribution < 1.29 is 28.5 Å². The van der Waals surface area contributed by atoms with Crippen molar-refractivity contribution in [3.05, 3.63) is 53.6 Å². The first-order valence-electron chi connectivity index (χ1n) is 8.49. The molecule has 3 N–H and O–H groups in total. The smallest absolute Gasteiger partial charge is 0.227 e. The van der Waals surface area contributed by atoms with Crippen LogP contribution in [0.5, 0.6) is 11.5 Å². The molecule has 2 aromatic heterocycles. The van der Waals surface area contributed by atoms with Gasteiger partial charge in [-0.1, -0.05) is 0 Å². The summed E-state index contributed by atoms with van der Waals surface area (Å²) in [6, 6.07) is 1.28. The molecule has 154 valence electrons. The van der Waals surface area contributed by atoms with Crippen molar-refractivity contribution in [2.75, 3.05) is 12.4 Å². The largest absolute Gasteiger partial charge is 0.494 e. The van der Waals surface area contributed by atoms with Crippen LogP contribution in [0.4, 0.5) is 20.4 Å². The summed E-state index contributed by atoms with van der Waals surface area (Å²) in [6.45, 7) is 1.07. The summed E-state index contributed by atoms with van der Waals surface area (Å²) in [5.41, 5.74) is 0.532. The Morgan fingerprint density at radius 3 is 2.55 bits per heavy atom. The lowest BCUT2D eigenvalue weighted by Crippen LogP contribution is -2.14. The van der Waals surface area contributed by atoms with Crippen molar-refractivity contribution in [1.82, 2.24) is 19.7 Å². The number of aliphatic hydroxyl groups excluding tert-OH is 1. The second kappa shape index (κ2) is 8.80. The van der Waals surface area contributed by atoms with Crippen LogP contribution in [0.2, 0.25) is 0 Å². The van der Waals surface area contributed by atoms with Gasteiger partial charge in [-0.15, -0.1) is 0 Å². The van der Waals surface area contributed by atoms with Gasteiger partial charge >= 0.3 is 0 Å². The zero-order valence-corrected chi connectivity index (χ0v) is 15.6. The number of methoxy groups -OCH3 is 1. The van der Waals surface area contributed by atoms with E-state index in [1.807, 2.05) is 0 Å². The van der Waals surface area contributed by atoms with Gasteiger partial charge in [0.1, 0.15) is 12.4 Å². The highest BCUT2D eigenvalue weighted by Gasteiger charge is 2.18. The Hall–Kier alpha value is -3.31. The van der Waals surface area contributed by atoms with Gasteiger partial charge in [-0.05, 0) is 18.6 Å². The minimum atomic E-state index is -1.52. The Balaban J connectivity index is 1.64. The maximum Gasteiger partial charge on any atom is 0.227 e. The number of aliphatic hydroxyl groups is 2. The van der Waals surface area contributed by atoms with Crippen LogP contribution in [0.1, 0.15) is 11.1 Å². The molecular formula is C18H19F2N5O4. The van der Waals surface area contributed by atoms with Crippen LogP contribution in [0.25, 0.3) is 0 Å². The fraction of sp³-hybridized carbons (Fsp3) is 0.278. The third-order valence-corrected chi connectivity index (χ3v) is 3.91. The van der Waals surface area contributed by atoms with Gasteiger partial charge < -0.3 is 25.0 Å². The van der Waals surface area contributed by atoms with Gasteiger partial charge in [-0.2, -0.15) is 5.10 Å². The van der Waals surface area contributed by atoms with E-state index < -0.39 is 17.9 Å². The van der Waals surface area contributed by atoms with Crippen LogP contribution < -0.4 is 14.8 Å². The topological polar surface area (TPSA) is 115 Å². The molecule has 11 heteroatoms. The lowest BCUT2D eigenvalue weighted by molar-refractivity contribution is -0.0534. The number of ether oxygens (including phenoxy) is 2. The Labute approximate surface area is 164 Å². The fourth-order valence-corrected chi connectivity index (χ4v) is 2.52. The summed E-state index contributed by atoms with van der Waals surface area (Å²) in [7, 11) is 1.30. The van der Waals surface area contributed by atoms with Crippen LogP contribution in [0.3, 0.4) is 0 Å². The van der Waals surface area contributed by atoms with E-state index >= 15 is 0 Å². The average Bonchev–Trinajstić information content (AvgIpc) is 3.12. The molecule has 0 spiro atoms. The van der Waals surface area contributed by atoms with Crippen molar-refractivity contribution in [3.63, 3.8) is 0 Å². The highest BCUT2D eigenvalue weighted by molar-refractivity contribution is 5.50. The number of aryl methyl sites for hydroxylation is 1. The number of hydrogen-bond acceptors (Lipinski definition) is 8. The Kier molecular flexibility index (Phi) is 6.20. The maximum absolute atomic E-state index is 14.3. The van der Waals surface area contributed by atoms with E-state index in [2.05, 4.69) is 20.4 Å². The van der Waals surface area contributed by atoms with Gasteiger partial charge in [-0.3, -0.25) is 4.68 Å². The molecule has 29 heavy (non-hydrogen) atoms. The van der Waals surface area contributed by atoms with Gasteiger partial charge in [0, 0.05) is 6.20 Å². The number of anilines is 2. The summed E-state index contributed by atoms with van der Waals surface area (Å²) >= 11 is 0. The van der Waals surface area contributed by atoms with E-state index in [0.29, 0.717) is 5.69 Å². The number of hydrogen-bond donors (Lipinski definition) is 3. The Morgan fingerprint density at radius 2 is 1.90 bits per heavy atom. The molecule has 0 radical (unpaired) electrons. The van der Waals surface area contributed by atoms with E-state index in [9.17, 15) is 8.78 Å². The number of benzene rings is 1. The molecule has 0 amide bonds. The molecule has 0 saturated carbocycles. The molecule has 1 aromatic carbocycles. The lowest BCUT2D eigenvalue weighted by atomic mass is 10.1. The second-order valence-electron chi connectivity index (χ2n) is 6.09. The zero-order valence-electron chi connectivity index (χ0n) is 15.6. The van der Waals surface area contributed by atoms with Crippen LogP contribution in [0.15, 0.2) is 30.9 Å².